The number of alkyl carbamates (subject to hydrolysis) is 1. The topological polar surface area (TPSA) is 95.9 Å². The predicted octanol–water partition coefficient (Wildman–Crippen LogP) is 4.50. The molecule has 2 amide bonds. The van der Waals surface area contributed by atoms with Gasteiger partial charge in [-0.15, -0.1) is 0 Å². The van der Waals surface area contributed by atoms with E-state index in [1.807, 2.05) is 48.2 Å². The smallest absolute Gasteiger partial charge is 0.407 e. The molecule has 2 aromatic carbocycles. The summed E-state index contributed by atoms with van der Waals surface area (Å²) in [5, 5.41) is 12.2. The number of rotatable bonds is 9. The number of thioether (sulfide) groups is 1. The Balaban J connectivity index is 1.39. The first-order chi connectivity index (χ1) is 17.0. The van der Waals surface area contributed by atoms with Crippen molar-refractivity contribution in [1.29, 1.82) is 0 Å². The normalized spacial score (nSPS) is 17.9. The molecule has 7 nitrogen and oxygen atoms in total. The Bertz CT molecular complexity index is 1030. The summed E-state index contributed by atoms with van der Waals surface area (Å²) >= 11 is 1.85. The summed E-state index contributed by atoms with van der Waals surface area (Å²) in [6.07, 6.45) is 1.72. The maximum atomic E-state index is 13.2. The summed E-state index contributed by atoms with van der Waals surface area (Å²) in [5.41, 5.74) is 4.42. The van der Waals surface area contributed by atoms with Crippen molar-refractivity contribution in [2.45, 2.75) is 49.8 Å². The number of carbonyl (C=O) groups is 3. The number of nitrogens with zero attached hydrogens (tertiary/aromatic N) is 1. The lowest BCUT2D eigenvalue weighted by Gasteiger charge is -2.34. The molecule has 1 fully saturated rings. The molecule has 0 radical (unpaired) electrons. The van der Waals surface area contributed by atoms with Gasteiger partial charge in [-0.2, -0.15) is 11.8 Å². The van der Waals surface area contributed by atoms with E-state index in [4.69, 9.17) is 4.74 Å². The van der Waals surface area contributed by atoms with Crippen LogP contribution < -0.4 is 5.32 Å². The van der Waals surface area contributed by atoms with Crippen LogP contribution in [0.4, 0.5) is 4.79 Å². The van der Waals surface area contributed by atoms with Gasteiger partial charge in [0.1, 0.15) is 12.6 Å². The van der Waals surface area contributed by atoms with Crippen LogP contribution in [0.15, 0.2) is 48.5 Å². The van der Waals surface area contributed by atoms with Crippen LogP contribution >= 0.6 is 11.8 Å². The summed E-state index contributed by atoms with van der Waals surface area (Å²) < 4.78 is 5.55. The predicted molar refractivity (Wildman–Crippen MR) is 137 cm³/mol. The van der Waals surface area contributed by atoms with Gasteiger partial charge < -0.3 is 20.1 Å². The van der Waals surface area contributed by atoms with Gasteiger partial charge >= 0.3 is 12.1 Å². The molecule has 8 heteroatoms. The lowest BCUT2D eigenvalue weighted by molar-refractivity contribution is -0.142. The highest BCUT2D eigenvalue weighted by Gasteiger charge is 2.33. The van der Waals surface area contributed by atoms with Crippen LogP contribution in [0.3, 0.4) is 0 Å². The number of hydrogen-bond donors (Lipinski definition) is 2. The first-order valence-corrected chi connectivity index (χ1v) is 13.3. The summed E-state index contributed by atoms with van der Waals surface area (Å²) in [6.45, 7) is 3.38. The van der Waals surface area contributed by atoms with Gasteiger partial charge in [0.15, 0.2) is 0 Å². The molecule has 35 heavy (non-hydrogen) atoms. The van der Waals surface area contributed by atoms with Crippen LogP contribution in [-0.2, 0) is 14.3 Å². The molecule has 0 saturated carbocycles. The van der Waals surface area contributed by atoms with Gasteiger partial charge in [-0.3, -0.25) is 9.59 Å². The maximum absolute atomic E-state index is 13.2. The fraction of sp³-hybridized carbons (Fsp3) is 0.444. The first-order valence-electron chi connectivity index (χ1n) is 12.2. The largest absolute Gasteiger partial charge is 0.481 e. The standard InChI is InChI=1S/C27H32N2O5S/c1-2-14-35-18-8-7-13-29(16-18)26(32)24(15-25(30)31)28-27(33)34-17-23-21-11-5-3-9-19(21)20-10-4-6-12-22(20)23/h3-6,9-12,18,23-24H,2,7-8,13-17H2,1H3,(H,28,33)(H,30,31). The number of likely N-dealkylation sites (tertiary alicyclic amines) is 1. The van der Waals surface area contributed by atoms with E-state index in [9.17, 15) is 19.5 Å². The lowest BCUT2D eigenvalue weighted by Crippen LogP contribution is -2.52. The van der Waals surface area contributed by atoms with Crippen molar-refractivity contribution in [2.24, 2.45) is 0 Å². The quantitative estimate of drug-likeness (QED) is 0.531. The third kappa shape index (κ3) is 5.99. The Morgan fingerprint density at radius 2 is 1.77 bits per heavy atom. The first kappa shape index (κ1) is 25.1. The average molecular weight is 497 g/mol. The Morgan fingerprint density at radius 3 is 2.40 bits per heavy atom. The Hall–Kier alpha value is -3.00. The van der Waals surface area contributed by atoms with Gasteiger partial charge in [-0.25, -0.2) is 4.79 Å². The Kier molecular flexibility index (Phi) is 8.33. The van der Waals surface area contributed by atoms with Crippen LogP contribution in [0.2, 0.25) is 0 Å². The number of nitrogens with one attached hydrogen (secondary N) is 1. The van der Waals surface area contributed by atoms with Gasteiger partial charge in [0.25, 0.3) is 0 Å². The summed E-state index contributed by atoms with van der Waals surface area (Å²) in [7, 11) is 0. The number of piperidine rings is 1. The molecule has 2 N–H and O–H groups in total. The molecule has 0 spiro atoms. The molecule has 1 heterocycles. The molecule has 2 aliphatic rings. The van der Waals surface area contributed by atoms with E-state index in [0.717, 1.165) is 47.3 Å². The summed E-state index contributed by atoms with van der Waals surface area (Å²) in [5.74, 6) is -0.581. The SMILES string of the molecule is CCCSC1CCCN(C(=O)C(CC(=O)O)NC(=O)OCC2c3ccccc3-c3ccccc32)C1. The van der Waals surface area contributed by atoms with Crippen LogP contribution in [0.25, 0.3) is 11.1 Å². The van der Waals surface area contributed by atoms with Gasteiger partial charge in [-0.05, 0) is 47.3 Å². The molecule has 186 valence electrons. The summed E-state index contributed by atoms with van der Waals surface area (Å²) in [6, 6.07) is 14.9. The van der Waals surface area contributed by atoms with E-state index in [0.29, 0.717) is 18.3 Å². The van der Waals surface area contributed by atoms with Gasteiger partial charge in [0.2, 0.25) is 5.91 Å². The number of carboxylic acid groups (broad SMARTS) is 1. The molecule has 2 unspecified atom stereocenters. The maximum Gasteiger partial charge on any atom is 0.407 e. The fourth-order valence-corrected chi connectivity index (χ4v) is 6.12. The van der Waals surface area contributed by atoms with E-state index < -0.39 is 24.5 Å². The molecule has 0 aromatic heterocycles. The number of hydrogen-bond acceptors (Lipinski definition) is 5. The van der Waals surface area contributed by atoms with Crippen molar-refractivity contribution in [1.82, 2.24) is 10.2 Å². The van der Waals surface area contributed by atoms with Crippen LogP contribution in [0.1, 0.15) is 49.7 Å². The van der Waals surface area contributed by atoms with E-state index in [1.54, 1.807) is 4.90 Å². The van der Waals surface area contributed by atoms with Crippen LogP contribution in [0.5, 0.6) is 0 Å². The van der Waals surface area contributed by atoms with Crippen molar-refractivity contribution in [3.05, 3.63) is 59.7 Å². The minimum absolute atomic E-state index is 0.104. The molecular weight excluding hydrogens is 464 g/mol. The number of benzene rings is 2. The zero-order valence-electron chi connectivity index (χ0n) is 19.9. The molecule has 1 aliphatic heterocycles. The zero-order chi connectivity index (χ0) is 24.8. The third-order valence-corrected chi connectivity index (χ3v) is 8.06. The number of fused-ring (bicyclic) bond motifs is 3. The molecule has 1 aliphatic carbocycles. The third-order valence-electron chi connectivity index (χ3n) is 6.56. The second kappa shape index (κ2) is 11.6. The molecule has 1 saturated heterocycles. The average Bonchev–Trinajstić information content (AvgIpc) is 3.19. The number of carboxylic acids is 1. The molecule has 2 aromatic rings. The molecule has 4 rings (SSSR count). The minimum atomic E-state index is -1.15. The number of amides is 2. The van der Waals surface area contributed by atoms with Crippen molar-refractivity contribution in [3.8, 4) is 11.1 Å². The molecular formula is C27H32N2O5S. The zero-order valence-corrected chi connectivity index (χ0v) is 20.8. The Morgan fingerprint density at radius 1 is 1.11 bits per heavy atom. The second-order valence-electron chi connectivity index (χ2n) is 9.04. The van der Waals surface area contributed by atoms with E-state index in [2.05, 4.69) is 24.4 Å². The molecule has 0 bridgehead atoms. The highest BCUT2D eigenvalue weighted by atomic mass is 32.2. The van der Waals surface area contributed by atoms with Crippen molar-refractivity contribution < 1.29 is 24.2 Å². The monoisotopic (exact) mass is 496 g/mol. The van der Waals surface area contributed by atoms with Crippen LogP contribution in [0, 0.1) is 0 Å². The van der Waals surface area contributed by atoms with Crippen molar-refractivity contribution in [2.75, 3.05) is 25.4 Å². The second-order valence-corrected chi connectivity index (χ2v) is 10.4. The fourth-order valence-electron chi connectivity index (χ4n) is 4.94. The minimum Gasteiger partial charge on any atom is -0.481 e. The Labute approximate surface area is 210 Å². The number of carbonyl (C=O) groups excluding carboxylic acids is 2. The van der Waals surface area contributed by atoms with Crippen molar-refractivity contribution in [3.63, 3.8) is 0 Å². The highest BCUT2D eigenvalue weighted by molar-refractivity contribution is 7.99. The van der Waals surface area contributed by atoms with E-state index >= 15 is 0 Å². The number of ether oxygens (including phenoxy) is 1. The molecule has 2 atom stereocenters. The lowest BCUT2D eigenvalue weighted by atomic mass is 9.98. The van der Waals surface area contributed by atoms with Crippen LogP contribution in [-0.4, -0.2) is 64.7 Å². The summed E-state index contributed by atoms with van der Waals surface area (Å²) in [4.78, 5) is 39.0. The van der Waals surface area contributed by atoms with Gasteiger partial charge in [-0.1, -0.05) is 55.5 Å². The number of aliphatic carboxylic acids is 1. The van der Waals surface area contributed by atoms with Gasteiger partial charge in [0.05, 0.1) is 6.42 Å². The van der Waals surface area contributed by atoms with E-state index in [-0.39, 0.29) is 18.4 Å². The van der Waals surface area contributed by atoms with Crippen molar-refractivity contribution >= 4 is 29.7 Å². The highest BCUT2D eigenvalue weighted by Crippen LogP contribution is 2.44. The van der Waals surface area contributed by atoms with E-state index in [1.165, 1.54) is 0 Å². The van der Waals surface area contributed by atoms with Gasteiger partial charge in [0, 0.05) is 24.3 Å².